The van der Waals surface area contributed by atoms with E-state index < -0.39 is 35.6 Å². The molecule has 2 saturated carbocycles. The maximum Gasteiger partial charge on any atom is 1.00 e. The first kappa shape index (κ1) is 20.5. The molecular weight excluding hydrogens is 357 g/mol. The molecule has 6 nitrogen and oxygen atoms in total. The number of carboxylic acids is 1. The van der Waals surface area contributed by atoms with Gasteiger partial charge in [0.1, 0.15) is 6.10 Å². The molecule has 3 N–H and O–H groups in total. The number of aliphatic hydroxyl groups excluding tert-OH is 2. The molecule has 126 valence electrons. The average molecular weight is 378 g/mol. The summed E-state index contributed by atoms with van der Waals surface area (Å²) in [6.45, 7) is 0. The van der Waals surface area contributed by atoms with Crippen LogP contribution < -0.4 is 61.8 Å². The van der Waals surface area contributed by atoms with Crippen molar-refractivity contribution < 1.29 is 76.3 Å². The van der Waals surface area contributed by atoms with E-state index in [4.69, 9.17) is 0 Å². The summed E-state index contributed by atoms with van der Waals surface area (Å²) in [4.78, 5) is 24.9. The first-order valence-corrected chi connectivity index (χ1v) is 8.75. The van der Waals surface area contributed by atoms with E-state index in [0.29, 0.717) is 0 Å². The van der Waals surface area contributed by atoms with Crippen LogP contribution in [0.5, 0.6) is 0 Å². The van der Waals surface area contributed by atoms with E-state index in [0.717, 1.165) is 30.6 Å². The van der Waals surface area contributed by atoms with Crippen LogP contribution in [0.2, 0.25) is 0 Å². The molecule has 0 radical (unpaired) electrons. The molecule has 1 aromatic heterocycles. The minimum Gasteiger partial charge on any atom is -0.550 e. The van der Waals surface area contributed by atoms with Crippen molar-refractivity contribution in [3.63, 3.8) is 0 Å². The summed E-state index contributed by atoms with van der Waals surface area (Å²) in [5.74, 6) is -2.74. The van der Waals surface area contributed by atoms with Gasteiger partial charge in [-0.2, -0.15) is 0 Å². The number of nitrogens with one attached hydrogen (secondary N) is 1. The Bertz CT molecular complexity index is 587. The zero-order chi connectivity index (χ0) is 16.6. The quantitative estimate of drug-likeness (QED) is 0.473. The molecule has 1 amide bonds. The van der Waals surface area contributed by atoms with Gasteiger partial charge in [0.2, 0.25) is 5.91 Å². The molecule has 0 unspecified atom stereocenters. The third-order valence-electron chi connectivity index (χ3n) is 5.19. The van der Waals surface area contributed by atoms with Crippen LogP contribution in [0, 0.1) is 5.92 Å². The van der Waals surface area contributed by atoms with Crippen LogP contribution in [0.1, 0.15) is 37.0 Å². The van der Waals surface area contributed by atoms with E-state index in [9.17, 15) is 24.9 Å². The van der Waals surface area contributed by atoms with Gasteiger partial charge in [0, 0.05) is 16.8 Å². The molecule has 0 aromatic carbocycles. The Morgan fingerprint density at radius 2 is 1.92 bits per heavy atom. The standard InChI is InChI=1S/C16H21NO5S.K/c18-12-9(14(20)21)8-10(13(12)19)17-15(22)16(5-1-2-6-16)11-4-3-7-23-11;/h3-4,7,9-10,12-13,18-19H,1-2,5-6,8H2,(H,17,22)(H,20,21);/q;+1/p-1/t9-,10+,12+,13-;/m0./s1. The molecular formula is C16H20KNO5S. The maximum absolute atomic E-state index is 12.9. The van der Waals surface area contributed by atoms with Crippen LogP contribution in [0.25, 0.3) is 0 Å². The van der Waals surface area contributed by atoms with Gasteiger partial charge in [-0.1, -0.05) is 18.9 Å². The molecule has 2 fully saturated rings. The smallest absolute Gasteiger partial charge is 0.550 e. The SMILES string of the molecule is O=C([O-])[C@H]1C[C@@H](NC(=O)C2(c3cccs3)CCCC2)[C@H](O)[C@@H]1O.[K+]. The van der Waals surface area contributed by atoms with Gasteiger partial charge in [0.25, 0.3) is 0 Å². The predicted molar refractivity (Wildman–Crippen MR) is 81.5 cm³/mol. The Labute approximate surface area is 187 Å². The number of carbonyl (C=O) groups excluding carboxylic acids is 2. The van der Waals surface area contributed by atoms with Crippen molar-refractivity contribution in [3.05, 3.63) is 22.4 Å². The zero-order valence-electron chi connectivity index (χ0n) is 13.6. The summed E-state index contributed by atoms with van der Waals surface area (Å²) in [7, 11) is 0. The van der Waals surface area contributed by atoms with Crippen molar-refractivity contribution in [1.82, 2.24) is 5.32 Å². The van der Waals surface area contributed by atoms with Crippen molar-refractivity contribution in [1.29, 1.82) is 0 Å². The second kappa shape index (κ2) is 8.26. The minimum absolute atomic E-state index is 0. The number of carbonyl (C=O) groups is 2. The van der Waals surface area contributed by atoms with Crippen molar-refractivity contribution in [3.8, 4) is 0 Å². The molecule has 2 aliphatic carbocycles. The molecule has 8 heteroatoms. The molecule has 0 bridgehead atoms. The first-order chi connectivity index (χ1) is 11.0. The zero-order valence-corrected chi connectivity index (χ0v) is 17.5. The third kappa shape index (κ3) is 3.66. The molecule has 24 heavy (non-hydrogen) atoms. The second-order valence-corrected chi connectivity index (χ2v) is 7.44. The van der Waals surface area contributed by atoms with Crippen molar-refractivity contribution in [2.75, 3.05) is 0 Å². The van der Waals surface area contributed by atoms with E-state index in [1.165, 1.54) is 11.3 Å². The second-order valence-electron chi connectivity index (χ2n) is 6.49. The van der Waals surface area contributed by atoms with Gasteiger partial charge >= 0.3 is 51.4 Å². The van der Waals surface area contributed by atoms with Gasteiger partial charge in [0.15, 0.2) is 0 Å². The molecule has 1 heterocycles. The number of amides is 1. The topological polar surface area (TPSA) is 110 Å². The number of thiophene rings is 1. The molecule has 1 aromatic rings. The maximum atomic E-state index is 12.9. The van der Waals surface area contributed by atoms with E-state index in [1.807, 2.05) is 17.5 Å². The van der Waals surface area contributed by atoms with Crippen LogP contribution in [0.15, 0.2) is 17.5 Å². The number of aliphatic hydroxyl groups is 2. The number of aliphatic carboxylic acids is 1. The molecule has 4 atom stereocenters. The van der Waals surface area contributed by atoms with Crippen LogP contribution in [-0.2, 0) is 15.0 Å². The number of rotatable bonds is 4. The van der Waals surface area contributed by atoms with E-state index in [2.05, 4.69) is 5.32 Å². The fraction of sp³-hybridized carbons (Fsp3) is 0.625. The summed E-state index contributed by atoms with van der Waals surface area (Å²) in [6, 6.07) is 3.09. The first-order valence-electron chi connectivity index (χ1n) is 7.87. The Kier molecular flexibility index (Phi) is 7.06. The van der Waals surface area contributed by atoms with Crippen molar-refractivity contribution >= 4 is 23.2 Å². The van der Waals surface area contributed by atoms with Gasteiger partial charge in [-0.25, -0.2) is 0 Å². The Balaban J connectivity index is 0.00000208. The number of carboxylic acid groups (broad SMARTS) is 1. The normalized spacial score (nSPS) is 31.4. The predicted octanol–water partition coefficient (Wildman–Crippen LogP) is -3.46. The summed E-state index contributed by atoms with van der Waals surface area (Å²) in [5.41, 5.74) is -0.599. The number of hydrogen-bond donors (Lipinski definition) is 3. The molecule has 0 aliphatic heterocycles. The van der Waals surface area contributed by atoms with Crippen molar-refractivity contribution in [2.24, 2.45) is 5.92 Å². The van der Waals surface area contributed by atoms with Crippen LogP contribution >= 0.6 is 11.3 Å². The van der Waals surface area contributed by atoms with Crippen molar-refractivity contribution in [2.45, 2.75) is 55.8 Å². The summed E-state index contributed by atoms with van der Waals surface area (Å²) < 4.78 is 0. The Morgan fingerprint density at radius 3 is 2.42 bits per heavy atom. The molecule has 0 spiro atoms. The van der Waals surface area contributed by atoms with Crippen LogP contribution in [0.3, 0.4) is 0 Å². The van der Waals surface area contributed by atoms with Gasteiger partial charge in [0.05, 0.1) is 17.6 Å². The average Bonchev–Trinajstić information content (AvgIpc) is 3.23. The van der Waals surface area contributed by atoms with E-state index in [1.54, 1.807) is 0 Å². The minimum atomic E-state index is -1.41. The molecule has 3 rings (SSSR count). The molecule has 2 aliphatic rings. The van der Waals surface area contributed by atoms with Gasteiger partial charge in [-0.15, -0.1) is 11.3 Å². The summed E-state index contributed by atoms with van der Waals surface area (Å²) in [6.07, 6.45) is 0.696. The summed E-state index contributed by atoms with van der Waals surface area (Å²) >= 11 is 1.54. The van der Waals surface area contributed by atoms with Crippen LogP contribution in [0.4, 0.5) is 0 Å². The van der Waals surface area contributed by atoms with E-state index >= 15 is 0 Å². The Hall–Kier alpha value is 0.196. The summed E-state index contributed by atoms with van der Waals surface area (Å²) in [5, 5.41) is 35.6. The fourth-order valence-electron chi connectivity index (χ4n) is 3.83. The van der Waals surface area contributed by atoms with Gasteiger partial charge < -0.3 is 25.4 Å². The number of hydrogen-bond acceptors (Lipinski definition) is 6. The monoisotopic (exact) mass is 377 g/mol. The van der Waals surface area contributed by atoms with Gasteiger partial charge in [-0.05, 0) is 30.7 Å². The molecule has 0 saturated heterocycles. The fourth-order valence-corrected chi connectivity index (χ4v) is 4.81. The van der Waals surface area contributed by atoms with E-state index in [-0.39, 0.29) is 63.7 Å². The largest absolute Gasteiger partial charge is 1.00 e. The van der Waals surface area contributed by atoms with Crippen LogP contribution in [-0.4, -0.2) is 40.3 Å². The Morgan fingerprint density at radius 1 is 1.25 bits per heavy atom. The third-order valence-corrected chi connectivity index (χ3v) is 6.26. The van der Waals surface area contributed by atoms with Gasteiger partial charge in [-0.3, -0.25) is 4.79 Å².